The van der Waals surface area contributed by atoms with Gasteiger partial charge in [-0.25, -0.2) is 19.3 Å². The van der Waals surface area contributed by atoms with Crippen LogP contribution in [0.3, 0.4) is 0 Å². The van der Waals surface area contributed by atoms with E-state index in [0.29, 0.717) is 9.80 Å². The summed E-state index contributed by atoms with van der Waals surface area (Å²) in [7, 11) is 0. The molecule has 0 bridgehead atoms. The molecule has 0 aliphatic carbocycles. The summed E-state index contributed by atoms with van der Waals surface area (Å²) in [5, 5.41) is 0. The molecule has 0 saturated carbocycles. The molecule has 0 radical (unpaired) electrons. The molecular weight excluding hydrogens is 280 g/mol. The van der Waals surface area contributed by atoms with Gasteiger partial charge < -0.3 is 9.47 Å². The van der Waals surface area contributed by atoms with Gasteiger partial charge in [-0.05, 0) is 41.5 Å². The van der Waals surface area contributed by atoms with Crippen LogP contribution in [-0.2, 0) is 14.3 Å². The summed E-state index contributed by atoms with van der Waals surface area (Å²) in [6.45, 7) is 9.12. The van der Waals surface area contributed by atoms with Gasteiger partial charge in [0.05, 0.1) is 0 Å². The highest BCUT2D eigenvalue weighted by Gasteiger charge is 2.46. The molecule has 0 aromatic heterocycles. The smallest absolute Gasteiger partial charge is 0.425 e. The highest BCUT2D eigenvalue weighted by molar-refractivity contribution is 6.17. The van der Waals surface area contributed by atoms with Crippen molar-refractivity contribution in [3.8, 4) is 0 Å². The highest BCUT2D eigenvalue weighted by Crippen LogP contribution is 2.19. The Kier molecular flexibility index (Phi) is 4.31. The Hall–Kier alpha value is -2.12. The van der Waals surface area contributed by atoms with Crippen LogP contribution in [0.15, 0.2) is 0 Å². The number of nitrogens with zero attached hydrogens (tertiary/aromatic N) is 2. The number of hydrogen-bond acceptors (Lipinski definition) is 6. The van der Waals surface area contributed by atoms with E-state index in [2.05, 4.69) is 0 Å². The molecule has 0 unspecified atom stereocenters. The minimum atomic E-state index is -1.11. The van der Waals surface area contributed by atoms with Gasteiger partial charge in [-0.15, -0.1) is 0 Å². The Morgan fingerprint density at radius 2 is 1.33 bits per heavy atom. The van der Waals surface area contributed by atoms with E-state index in [1.54, 1.807) is 41.5 Å². The molecule has 1 aliphatic rings. The topological polar surface area (TPSA) is 93.2 Å². The lowest BCUT2D eigenvalue weighted by molar-refractivity contribution is -0.124. The van der Waals surface area contributed by atoms with E-state index in [1.165, 1.54) is 0 Å². The zero-order valence-electron chi connectivity index (χ0n) is 13.1. The summed E-state index contributed by atoms with van der Waals surface area (Å²) in [4.78, 5) is 48.3. The van der Waals surface area contributed by atoms with Crippen molar-refractivity contribution < 1.29 is 28.7 Å². The predicted octanol–water partition coefficient (Wildman–Crippen LogP) is 2.12. The van der Waals surface area contributed by atoms with Gasteiger partial charge in [-0.3, -0.25) is 4.79 Å². The van der Waals surface area contributed by atoms with E-state index in [4.69, 9.17) is 9.47 Å². The zero-order valence-corrected chi connectivity index (χ0v) is 13.1. The third-order valence-electron chi connectivity index (χ3n) is 2.15. The highest BCUT2D eigenvalue weighted by atomic mass is 16.6. The van der Waals surface area contributed by atoms with Gasteiger partial charge >= 0.3 is 18.2 Å². The van der Waals surface area contributed by atoms with Crippen LogP contribution < -0.4 is 0 Å². The molecule has 0 aromatic rings. The Labute approximate surface area is 123 Å². The lowest BCUT2D eigenvalue weighted by Gasteiger charge is -2.24. The Balaban J connectivity index is 2.85. The van der Waals surface area contributed by atoms with Crippen molar-refractivity contribution in [1.82, 2.24) is 9.80 Å². The number of hydrogen-bond donors (Lipinski definition) is 0. The van der Waals surface area contributed by atoms with Gasteiger partial charge in [-0.1, -0.05) is 0 Å². The van der Waals surface area contributed by atoms with Gasteiger partial charge in [0.15, 0.2) is 0 Å². The van der Waals surface area contributed by atoms with E-state index in [9.17, 15) is 19.2 Å². The first-order valence-corrected chi connectivity index (χ1v) is 6.42. The molecular formula is C13H20N2O6. The van der Waals surface area contributed by atoms with E-state index in [1.807, 2.05) is 0 Å². The summed E-state index contributed by atoms with van der Waals surface area (Å²) in [5.41, 5.74) is -1.68. The molecule has 1 saturated heterocycles. The standard InChI is InChI=1S/C13H20N2O6/c1-12(2,3)20-10(18)14-7-8(16)15(9(14)17)11(19)21-13(4,5)6/h7H2,1-6H3. The summed E-state index contributed by atoms with van der Waals surface area (Å²) in [6, 6.07) is -1.07. The molecule has 1 rings (SSSR count). The average Bonchev–Trinajstić information content (AvgIpc) is 2.48. The van der Waals surface area contributed by atoms with E-state index in [-0.39, 0.29) is 0 Å². The fraction of sp³-hybridized carbons (Fsp3) is 0.692. The minimum Gasteiger partial charge on any atom is -0.443 e. The first-order valence-electron chi connectivity index (χ1n) is 6.42. The summed E-state index contributed by atoms with van der Waals surface area (Å²) in [6.07, 6.45) is -2.09. The van der Waals surface area contributed by atoms with Crippen LogP contribution in [0, 0.1) is 0 Å². The molecule has 8 heteroatoms. The number of amides is 5. The van der Waals surface area contributed by atoms with Crippen LogP contribution in [0.5, 0.6) is 0 Å². The first kappa shape index (κ1) is 16.9. The Bertz CT molecular complexity index is 486. The lowest BCUT2D eigenvalue weighted by atomic mass is 10.2. The second kappa shape index (κ2) is 5.34. The zero-order chi connectivity index (χ0) is 16.6. The number of carbonyl (C=O) groups is 4. The SMILES string of the molecule is CC(C)(C)OC(=O)N1CC(=O)N(C(=O)OC(C)(C)C)C1=O. The van der Waals surface area contributed by atoms with Gasteiger partial charge in [0.2, 0.25) is 0 Å². The second-order valence-corrected chi connectivity index (χ2v) is 6.56. The fourth-order valence-electron chi connectivity index (χ4n) is 1.45. The van der Waals surface area contributed by atoms with Crippen LogP contribution in [-0.4, -0.2) is 51.7 Å². The summed E-state index contributed by atoms with van der Waals surface area (Å²) >= 11 is 0. The molecule has 8 nitrogen and oxygen atoms in total. The first-order chi connectivity index (χ1) is 9.32. The molecule has 1 aliphatic heterocycles. The Morgan fingerprint density at radius 1 is 0.905 bits per heavy atom. The quantitative estimate of drug-likeness (QED) is 0.636. The van der Waals surface area contributed by atoms with E-state index < -0.39 is 41.9 Å². The maximum Gasteiger partial charge on any atom is 0.425 e. The van der Waals surface area contributed by atoms with E-state index >= 15 is 0 Å². The third-order valence-corrected chi connectivity index (χ3v) is 2.15. The van der Waals surface area contributed by atoms with E-state index in [0.717, 1.165) is 0 Å². The van der Waals surface area contributed by atoms with Gasteiger partial charge in [0.25, 0.3) is 5.91 Å². The van der Waals surface area contributed by atoms with Gasteiger partial charge in [0.1, 0.15) is 17.7 Å². The number of ether oxygens (including phenoxy) is 2. The van der Waals surface area contributed by atoms with Gasteiger partial charge in [0, 0.05) is 0 Å². The molecule has 5 amide bonds. The maximum absolute atomic E-state index is 12.0. The van der Waals surface area contributed by atoms with Crippen LogP contribution in [0.4, 0.5) is 14.4 Å². The molecule has 21 heavy (non-hydrogen) atoms. The average molecular weight is 300 g/mol. The van der Waals surface area contributed by atoms with Crippen LogP contribution in [0.25, 0.3) is 0 Å². The number of urea groups is 1. The second-order valence-electron chi connectivity index (χ2n) is 6.56. The normalized spacial score (nSPS) is 16.3. The monoisotopic (exact) mass is 300 g/mol. The molecule has 118 valence electrons. The molecule has 1 heterocycles. The predicted molar refractivity (Wildman–Crippen MR) is 71.4 cm³/mol. The van der Waals surface area contributed by atoms with Crippen molar-refractivity contribution in [1.29, 1.82) is 0 Å². The van der Waals surface area contributed by atoms with Crippen LogP contribution >= 0.6 is 0 Å². The lowest BCUT2D eigenvalue weighted by Crippen LogP contribution is -2.43. The maximum atomic E-state index is 12.0. The molecule has 1 fully saturated rings. The molecule has 0 atom stereocenters. The van der Waals surface area contributed by atoms with Gasteiger partial charge in [-0.2, -0.15) is 4.90 Å². The number of carbonyl (C=O) groups excluding carboxylic acids is 4. The number of rotatable bonds is 0. The summed E-state index contributed by atoms with van der Waals surface area (Å²) in [5.74, 6) is -0.833. The number of imide groups is 4. The van der Waals surface area contributed by atoms with Crippen molar-refractivity contribution in [3.63, 3.8) is 0 Å². The third kappa shape index (κ3) is 4.44. The minimum absolute atomic E-state index is 0.301. The molecule has 0 spiro atoms. The largest absolute Gasteiger partial charge is 0.443 e. The molecule has 0 aromatic carbocycles. The van der Waals surface area contributed by atoms with Crippen molar-refractivity contribution >= 4 is 24.1 Å². The van der Waals surface area contributed by atoms with Crippen molar-refractivity contribution in [2.45, 2.75) is 52.7 Å². The Morgan fingerprint density at radius 3 is 1.76 bits per heavy atom. The fourth-order valence-corrected chi connectivity index (χ4v) is 1.45. The molecule has 0 N–H and O–H groups in total. The van der Waals surface area contributed by atoms with Crippen molar-refractivity contribution in [2.75, 3.05) is 6.54 Å². The van der Waals surface area contributed by atoms with Crippen molar-refractivity contribution in [3.05, 3.63) is 0 Å². The van der Waals surface area contributed by atoms with Crippen molar-refractivity contribution in [2.24, 2.45) is 0 Å². The van der Waals surface area contributed by atoms with Crippen LogP contribution in [0.2, 0.25) is 0 Å². The summed E-state index contributed by atoms with van der Waals surface area (Å²) < 4.78 is 9.96. The van der Waals surface area contributed by atoms with Crippen LogP contribution in [0.1, 0.15) is 41.5 Å².